The number of aryl methyl sites for hydroxylation is 1. The van der Waals surface area contributed by atoms with Gasteiger partial charge < -0.3 is 5.32 Å². The Morgan fingerprint density at radius 1 is 1.23 bits per heavy atom. The molecule has 0 aliphatic carbocycles. The van der Waals surface area contributed by atoms with Crippen molar-refractivity contribution in [3.8, 4) is 6.07 Å². The van der Waals surface area contributed by atoms with E-state index in [1.54, 1.807) is 6.92 Å². The predicted octanol–water partition coefficient (Wildman–Crippen LogP) is 5.25. The van der Waals surface area contributed by atoms with Gasteiger partial charge in [0.15, 0.2) is 0 Å². The highest BCUT2D eigenvalue weighted by molar-refractivity contribution is 7.99. The van der Waals surface area contributed by atoms with Gasteiger partial charge in [0.25, 0.3) is 0 Å². The molecule has 0 aliphatic rings. The highest BCUT2D eigenvalue weighted by Gasteiger charge is 2.34. The van der Waals surface area contributed by atoms with Gasteiger partial charge in [-0.2, -0.15) is 18.4 Å². The smallest absolute Gasteiger partial charge is 0.326 e. The summed E-state index contributed by atoms with van der Waals surface area (Å²) in [4.78, 5) is 13.3. The quantitative estimate of drug-likeness (QED) is 0.723. The summed E-state index contributed by atoms with van der Waals surface area (Å²) in [5.41, 5.74) is -0.368. The second-order valence-corrected chi connectivity index (χ2v) is 6.98. The van der Waals surface area contributed by atoms with Crippen LogP contribution >= 0.6 is 11.8 Å². The summed E-state index contributed by atoms with van der Waals surface area (Å²) in [6.45, 7) is 3.70. The molecule has 0 fully saturated rings. The molecular weight excluding hydrogens is 361 g/mol. The first kappa shape index (κ1) is 19.9. The second kappa shape index (κ2) is 8.28. The number of nitriles is 1. The second-order valence-electron chi connectivity index (χ2n) is 5.88. The first-order valence-electron chi connectivity index (χ1n) is 7.82. The number of anilines is 1. The zero-order valence-corrected chi connectivity index (χ0v) is 15.0. The molecule has 0 radical (unpaired) electrons. The number of carbonyl (C=O) groups excluding carboxylic acids is 1. The molecule has 0 heterocycles. The van der Waals surface area contributed by atoms with Crippen LogP contribution in [0, 0.1) is 24.2 Å². The average Bonchev–Trinajstić information content (AvgIpc) is 2.60. The number of benzene rings is 2. The number of amides is 1. The summed E-state index contributed by atoms with van der Waals surface area (Å²) >= 11 is 1.51. The molecule has 0 spiro atoms. The molecule has 0 aliphatic heterocycles. The van der Waals surface area contributed by atoms with Crippen LogP contribution < -0.4 is 5.32 Å². The van der Waals surface area contributed by atoms with Gasteiger partial charge in [-0.15, -0.1) is 11.8 Å². The summed E-state index contributed by atoms with van der Waals surface area (Å²) < 4.78 is 38.9. The Labute approximate surface area is 154 Å². The van der Waals surface area contributed by atoms with Crippen molar-refractivity contribution in [2.45, 2.75) is 24.9 Å². The third-order valence-corrected chi connectivity index (χ3v) is 4.95. The molecule has 2 aromatic carbocycles. The Hall–Kier alpha value is -2.46. The molecule has 0 unspecified atom stereocenters. The number of nitrogens with zero attached hydrogens (tertiary/aromatic N) is 1. The highest BCUT2D eigenvalue weighted by atomic mass is 32.2. The Balaban J connectivity index is 2.02. The minimum absolute atomic E-state index is 0.0218. The number of alkyl halides is 3. The standard InChI is InChI=1S/C19H17F3N2OS/c1-12-3-7-16(8-4-12)26-11-13(2)18(25)24-15-6-5-14(10-23)17(9-15)19(20,21)22/h3-9,13H,11H2,1-2H3,(H,24,25)/t13-/m0/s1. The van der Waals surface area contributed by atoms with Gasteiger partial charge in [-0.1, -0.05) is 24.6 Å². The van der Waals surface area contributed by atoms with E-state index in [2.05, 4.69) is 5.32 Å². The van der Waals surface area contributed by atoms with Crippen molar-refractivity contribution in [1.29, 1.82) is 5.26 Å². The molecule has 26 heavy (non-hydrogen) atoms. The molecule has 2 rings (SSSR count). The molecule has 1 amide bonds. The van der Waals surface area contributed by atoms with Gasteiger partial charge in [0.1, 0.15) is 0 Å². The summed E-state index contributed by atoms with van der Waals surface area (Å²) in [6, 6.07) is 12.5. The van der Waals surface area contributed by atoms with Crippen LogP contribution in [-0.4, -0.2) is 11.7 Å². The van der Waals surface area contributed by atoms with Crippen molar-refractivity contribution < 1.29 is 18.0 Å². The SMILES string of the molecule is Cc1ccc(SC[C@H](C)C(=O)Nc2ccc(C#N)c(C(F)(F)F)c2)cc1. The van der Waals surface area contributed by atoms with Crippen molar-refractivity contribution in [2.75, 3.05) is 11.1 Å². The van der Waals surface area contributed by atoms with E-state index in [4.69, 9.17) is 5.26 Å². The van der Waals surface area contributed by atoms with Gasteiger partial charge in [0.2, 0.25) is 5.91 Å². The number of hydrogen-bond donors (Lipinski definition) is 1. The third kappa shape index (κ3) is 5.27. The van der Waals surface area contributed by atoms with Gasteiger partial charge in [-0.3, -0.25) is 4.79 Å². The van der Waals surface area contributed by atoms with E-state index in [-0.39, 0.29) is 11.6 Å². The molecule has 1 atom stereocenters. The Morgan fingerprint density at radius 2 is 1.88 bits per heavy atom. The van der Waals surface area contributed by atoms with Crippen LogP contribution in [-0.2, 0) is 11.0 Å². The lowest BCUT2D eigenvalue weighted by atomic mass is 10.1. The van der Waals surface area contributed by atoms with E-state index in [9.17, 15) is 18.0 Å². The highest BCUT2D eigenvalue weighted by Crippen LogP contribution is 2.33. The largest absolute Gasteiger partial charge is 0.417 e. The molecule has 136 valence electrons. The van der Waals surface area contributed by atoms with Crippen molar-refractivity contribution in [2.24, 2.45) is 5.92 Å². The first-order valence-corrected chi connectivity index (χ1v) is 8.81. The molecule has 0 bridgehead atoms. The first-order chi connectivity index (χ1) is 12.2. The lowest BCUT2D eigenvalue weighted by Crippen LogP contribution is -2.22. The van der Waals surface area contributed by atoms with Crippen LogP contribution in [0.3, 0.4) is 0 Å². The van der Waals surface area contributed by atoms with Gasteiger partial charge >= 0.3 is 6.18 Å². The minimum Gasteiger partial charge on any atom is -0.326 e. The van der Waals surface area contributed by atoms with E-state index in [0.29, 0.717) is 5.75 Å². The fourth-order valence-electron chi connectivity index (χ4n) is 2.15. The average molecular weight is 378 g/mol. The van der Waals surface area contributed by atoms with Crippen LogP contribution in [0.2, 0.25) is 0 Å². The Bertz CT molecular complexity index is 826. The number of carbonyl (C=O) groups is 1. The maximum atomic E-state index is 13.0. The van der Waals surface area contributed by atoms with Crippen LogP contribution in [0.15, 0.2) is 47.4 Å². The van der Waals surface area contributed by atoms with Gasteiger partial charge in [0.05, 0.1) is 17.2 Å². The molecule has 7 heteroatoms. The molecule has 3 nitrogen and oxygen atoms in total. The maximum absolute atomic E-state index is 13.0. The van der Waals surface area contributed by atoms with Crippen LogP contribution in [0.5, 0.6) is 0 Å². The van der Waals surface area contributed by atoms with Gasteiger partial charge in [-0.05, 0) is 37.3 Å². The van der Waals surface area contributed by atoms with Crippen LogP contribution in [0.4, 0.5) is 18.9 Å². The topological polar surface area (TPSA) is 52.9 Å². The molecule has 0 aromatic heterocycles. The fourth-order valence-corrected chi connectivity index (χ4v) is 3.07. The van der Waals surface area contributed by atoms with E-state index in [1.165, 1.54) is 23.9 Å². The number of rotatable bonds is 5. The van der Waals surface area contributed by atoms with Crippen molar-refractivity contribution >= 4 is 23.4 Å². The number of halogens is 3. The summed E-state index contributed by atoms with van der Waals surface area (Å²) in [7, 11) is 0. The lowest BCUT2D eigenvalue weighted by molar-refractivity contribution is -0.137. The van der Waals surface area contributed by atoms with E-state index < -0.39 is 23.2 Å². The van der Waals surface area contributed by atoms with Crippen molar-refractivity contribution in [3.63, 3.8) is 0 Å². The number of thioether (sulfide) groups is 1. The molecule has 2 aromatic rings. The molecule has 1 N–H and O–H groups in total. The third-order valence-electron chi connectivity index (χ3n) is 3.68. The van der Waals surface area contributed by atoms with E-state index in [1.807, 2.05) is 31.2 Å². The van der Waals surface area contributed by atoms with Crippen molar-refractivity contribution in [1.82, 2.24) is 0 Å². The monoisotopic (exact) mass is 378 g/mol. The summed E-state index contributed by atoms with van der Waals surface area (Å²) in [5, 5.41) is 11.3. The molecule has 0 saturated carbocycles. The number of hydrogen-bond acceptors (Lipinski definition) is 3. The summed E-state index contributed by atoms with van der Waals surface area (Å²) in [5.74, 6) is -0.272. The predicted molar refractivity (Wildman–Crippen MR) is 95.9 cm³/mol. The van der Waals surface area contributed by atoms with Crippen LogP contribution in [0.25, 0.3) is 0 Å². The van der Waals surface area contributed by atoms with E-state index in [0.717, 1.165) is 22.6 Å². The fraction of sp³-hybridized carbons (Fsp3) is 0.263. The number of nitrogens with one attached hydrogen (secondary N) is 1. The van der Waals surface area contributed by atoms with E-state index >= 15 is 0 Å². The van der Waals surface area contributed by atoms with Crippen LogP contribution in [0.1, 0.15) is 23.6 Å². The van der Waals surface area contributed by atoms with Gasteiger partial charge in [0, 0.05) is 22.3 Å². The Morgan fingerprint density at radius 3 is 2.46 bits per heavy atom. The molecular formula is C19H17F3N2OS. The summed E-state index contributed by atoms with van der Waals surface area (Å²) in [6.07, 6.45) is -4.65. The normalized spacial score (nSPS) is 12.3. The lowest BCUT2D eigenvalue weighted by Gasteiger charge is -2.14. The zero-order chi connectivity index (χ0) is 19.3. The molecule has 0 saturated heterocycles. The van der Waals surface area contributed by atoms with Gasteiger partial charge in [-0.25, -0.2) is 0 Å². The Kier molecular flexibility index (Phi) is 6.32. The van der Waals surface area contributed by atoms with Crippen molar-refractivity contribution in [3.05, 3.63) is 59.2 Å². The zero-order valence-electron chi connectivity index (χ0n) is 14.2. The minimum atomic E-state index is -4.65. The maximum Gasteiger partial charge on any atom is 0.417 e.